The smallest absolute Gasteiger partial charge is 0.174 e. The fourth-order valence-corrected chi connectivity index (χ4v) is 4.34. The highest BCUT2D eigenvalue weighted by Crippen LogP contribution is 2.33. The van der Waals surface area contributed by atoms with Crippen LogP contribution in [0.1, 0.15) is 42.1 Å². The standard InChI is InChI=1S/C19H23N5S/c1-15-9-11-23(12-10-15)18(17-8-5-13-25-17)19-20-21-22-24(19)14-16-6-3-2-4-7-16/h2-8,13,15,18H,9-12,14H2,1H3/t18-/m1/s1. The summed E-state index contributed by atoms with van der Waals surface area (Å²) in [6, 6.07) is 14.9. The van der Waals surface area contributed by atoms with Crippen molar-refractivity contribution in [3.63, 3.8) is 0 Å². The molecule has 0 saturated carbocycles. The number of thiophene rings is 1. The second-order valence-electron chi connectivity index (χ2n) is 6.82. The van der Waals surface area contributed by atoms with E-state index < -0.39 is 0 Å². The highest BCUT2D eigenvalue weighted by atomic mass is 32.1. The number of aromatic nitrogens is 4. The van der Waals surface area contributed by atoms with Gasteiger partial charge >= 0.3 is 0 Å². The number of rotatable bonds is 5. The molecule has 1 fully saturated rings. The topological polar surface area (TPSA) is 46.8 Å². The van der Waals surface area contributed by atoms with Crippen molar-refractivity contribution < 1.29 is 0 Å². The molecule has 0 amide bonds. The quantitative estimate of drug-likeness (QED) is 0.703. The zero-order valence-corrected chi connectivity index (χ0v) is 15.3. The number of hydrogen-bond acceptors (Lipinski definition) is 5. The van der Waals surface area contributed by atoms with E-state index in [1.54, 1.807) is 11.3 Å². The first-order valence-corrected chi connectivity index (χ1v) is 9.76. The van der Waals surface area contributed by atoms with Crippen molar-refractivity contribution in [1.82, 2.24) is 25.1 Å². The van der Waals surface area contributed by atoms with E-state index in [1.807, 2.05) is 10.7 Å². The molecule has 1 aliphatic heterocycles. The summed E-state index contributed by atoms with van der Waals surface area (Å²) in [5, 5.41) is 14.9. The maximum absolute atomic E-state index is 4.43. The van der Waals surface area contributed by atoms with Crippen LogP contribution in [0.2, 0.25) is 0 Å². The first-order valence-electron chi connectivity index (χ1n) is 8.88. The Morgan fingerprint density at radius 2 is 1.92 bits per heavy atom. The second-order valence-corrected chi connectivity index (χ2v) is 7.80. The van der Waals surface area contributed by atoms with Crippen molar-refractivity contribution in [2.45, 2.75) is 32.4 Å². The fraction of sp³-hybridized carbons (Fsp3) is 0.421. The molecular formula is C19H23N5S. The highest BCUT2D eigenvalue weighted by Gasteiger charge is 2.30. The molecule has 0 unspecified atom stereocenters. The SMILES string of the molecule is CC1CCN([C@H](c2cccs2)c2nnnn2Cc2ccccc2)CC1. The number of hydrogen-bond donors (Lipinski definition) is 0. The van der Waals surface area contributed by atoms with Crippen LogP contribution in [-0.2, 0) is 6.54 Å². The molecule has 0 spiro atoms. The average Bonchev–Trinajstić information content (AvgIpc) is 3.31. The summed E-state index contributed by atoms with van der Waals surface area (Å²) in [5.74, 6) is 1.75. The molecule has 0 aliphatic carbocycles. The lowest BCUT2D eigenvalue weighted by atomic mass is 9.97. The van der Waals surface area contributed by atoms with Gasteiger partial charge < -0.3 is 0 Å². The number of piperidine rings is 1. The minimum Gasteiger partial charge on any atom is -0.289 e. The van der Waals surface area contributed by atoms with E-state index in [0.717, 1.165) is 24.8 Å². The Kier molecular flexibility index (Phi) is 4.90. The Morgan fingerprint density at radius 3 is 2.64 bits per heavy atom. The zero-order valence-electron chi connectivity index (χ0n) is 14.5. The van der Waals surface area contributed by atoms with Crippen LogP contribution in [0.15, 0.2) is 47.8 Å². The predicted molar refractivity (Wildman–Crippen MR) is 99.5 cm³/mol. The Morgan fingerprint density at radius 1 is 1.12 bits per heavy atom. The predicted octanol–water partition coefficient (Wildman–Crippen LogP) is 3.60. The lowest BCUT2D eigenvalue weighted by Crippen LogP contribution is -2.37. The zero-order chi connectivity index (χ0) is 17.1. The third-order valence-electron chi connectivity index (χ3n) is 4.98. The molecule has 3 aromatic rings. The van der Waals surface area contributed by atoms with E-state index in [1.165, 1.54) is 23.3 Å². The van der Waals surface area contributed by atoms with Crippen LogP contribution in [-0.4, -0.2) is 38.2 Å². The van der Waals surface area contributed by atoms with Gasteiger partial charge in [-0.3, -0.25) is 4.90 Å². The van der Waals surface area contributed by atoms with Gasteiger partial charge in [-0.2, -0.15) is 0 Å². The van der Waals surface area contributed by atoms with E-state index in [2.05, 4.69) is 69.1 Å². The number of tetrazole rings is 1. The maximum atomic E-state index is 4.43. The summed E-state index contributed by atoms with van der Waals surface area (Å²) in [6.45, 7) is 5.25. The van der Waals surface area contributed by atoms with Crippen molar-refractivity contribution >= 4 is 11.3 Å². The van der Waals surface area contributed by atoms with Crippen LogP contribution in [0.4, 0.5) is 0 Å². The Hall–Kier alpha value is -2.05. The highest BCUT2D eigenvalue weighted by molar-refractivity contribution is 7.10. The Labute approximate surface area is 152 Å². The van der Waals surface area contributed by atoms with Gasteiger partial charge in [-0.25, -0.2) is 4.68 Å². The molecule has 1 atom stereocenters. The fourth-order valence-electron chi connectivity index (χ4n) is 3.48. The van der Waals surface area contributed by atoms with Gasteiger partial charge in [-0.15, -0.1) is 16.4 Å². The lowest BCUT2D eigenvalue weighted by Gasteiger charge is -2.35. The van der Waals surface area contributed by atoms with Crippen molar-refractivity contribution in [3.8, 4) is 0 Å². The summed E-state index contributed by atoms with van der Waals surface area (Å²) in [6.07, 6.45) is 2.48. The van der Waals surface area contributed by atoms with Gasteiger partial charge in [0.15, 0.2) is 5.82 Å². The summed E-state index contributed by atoms with van der Waals surface area (Å²) in [7, 11) is 0. The lowest BCUT2D eigenvalue weighted by molar-refractivity contribution is 0.152. The molecule has 1 aromatic carbocycles. The first kappa shape index (κ1) is 16.4. The molecule has 5 nitrogen and oxygen atoms in total. The number of likely N-dealkylation sites (tertiary alicyclic amines) is 1. The van der Waals surface area contributed by atoms with Crippen molar-refractivity contribution in [2.24, 2.45) is 5.92 Å². The normalized spacial score (nSPS) is 17.6. The summed E-state index contributed by atoms with van der Waals surface area (Å²) in [4.78, 5) is 3.86. The second kappa shape index (κ2) is 7.45. The minimum atomic E-state index is 0.145. The van der Waals surface area contributed by atoms with Gasteiger partial charge in [0.25, 0.3) is 0 Å². The molecule has 1 aliphatic rings. The Balaban J connectivity index is 1.65. The van der Waals surface area contributed by atoms with E-state index >= 15 is 0 Å². The molecule has 2 aromatic heterocycles. The molecule has 1 saturated heterocycles. The molecule has 25 heavy (non-hydrogen) atoms. The van der Waals surface area contributed by atoms with Crippen molar-refractivity contribution in [2.75, 3.05) is 13.1 Å². The average molecular weight is 353 g/mol. The van der Waals surface area contributed by atoms with E-state index in [4.69, 9.17) is 0 Å². The van der Waals surface area contributed by atoms with Gasteiger partial charge in [-0.05, 0) is 59.3 Å². The van der Waals surface area contributed by atoms with Gasteiger partial charge in [0.1, 0.15) is 6.04 Å². The largest absolute Gasteiger partial charge is 0.289 e. The van der Waals surface area contributed by atoms with Gasteiger partial charge in [-0.1, -0.05) is 43.3 Å². The molecule has 0 bridgehead atoms. The van der Waals surface area contributed by atoms with Crippen LogP contribution in [0.5, 0.6) is 0 Å². The van der Waals surface area contributed by atoms with Crippen LogP contribution in [0.25, 0.3) is 0 Å². The minimum absolute atomic E-state index is 0.145. The first-order chi connectivity index (χ1) is 12.3. The molecule has 0 N–H and O–H groups in total. The van der Waals surface area contributed by atoms with E-state index in [-0.39, 0.29) is 6.04 Å². The Bertz CT molecular complexity index is 775. The number of benzene rings is 1. The van der Waals surface area contributed by atoms with Crippen LogP contribution in [0, 0.1) is 5.92 Å². The third-order valence-corrected chi connectivity index (χ3v) is 5.90. The van der Waals surface area contributed by atoms with Crippen LogP contribution < -0.4 is 0 Å². The number of nitrogens with zero attached hydrogens (tertiary/aromatic N) is 5. The summed E-state index contributed by atoms with van der Waals surface area (Å²) < 4.78 is 1.96. The third kappa shape index (κ3) is 3.65. The molecule has 130 valence electrons. The summed E-state index contributed by atoms with van der Waals surface area (Å²) in [5.41, 5.74) is 1.22. The monoisotopic (exact) mass is 353 g/mol. The maximum Gasteiger partial charge on any atom is 0.174 e. The molecule has 4 rings (SSSR count). The van der Waals surface area contributed by atoms with E-state index in [0.29, 0.717) is 6.54 Å². The summed E-state index contributed by atoms with van der Waals surface area (Å²) >= 11 is 1.79. The molecule has 6 heteroatoms. The van der Waals surface area contributed by atoms with E-state index in [9.17, 15) is 0 Å². The van der Waals surface area contributed by atoms with Gasteiger partial charge in [0.2, 0.25) is 0 Å². The van der Waals surface area contributed by atoms with Gasteiger partial charge in [0.05, 0.1) is 6.54 Å². The van der Waals surface area contributed by atoms with Crippen molar-refractivity contribution in [3.05, 3.63) is 64.1 Å². The molecular weight excluding hydrogens is 330 g/mol. The van der Waals surface area contributed by atoms with Crippen molar-refractivity contribution in [1.29, 1.82) is 0 Å². The van der Waals surface area contributed by atoms with Crippen LogP contribution in [0.3, 0.4) is 0 Å². The van der Waals surface area contributed by atoms with Gasteiger partial charge in [0, 0.05) is 4.88 Å². The molecule has 3 heterocycles. The molecule has 0 radical (unpaired) electrons. The van der Waals surface area contributed by atoms with Crippen LogP contribution >= 0.6 is 11.3 Å².